The van der Waals surface area contributed by atoms with E-state index in [1.54, 1.807) is 6.07 Å². The Kier molecular flexibility index (Phi) is 9.58. The van der Waals surface area contributed by atoms with Crippen LogP contribution in [0.25, 0.3) is 0 Å². The molecular formula is C12H21N2O3PPbS. The van der Waals surface area contributed by atoms with Gasteiger partial charge in [0.25, 0.3) is 0 Å². The second-order valence-corrected chi connectivity index (χ2v) is 7.17. The standard InChI is InChI=1S/C12H21N2O3PS.Pb/c1-6-15-18(19,16-7-2)17-11-8-10(5)13-12(14-11)9(3)4;/h8-9H,6-7H2,1-5H3;. The normalized spacial score (nSPS) is 11.3. The van der Waals surface area contributed by atoms with Crippen molar-refractivity contribution in [1.29, 1.82) is 0 Å². The monoisotopic (exact) mass is 512 g/mol. The van der Waals surface area contributed by atoms with Crippen LogP contribution < -0.4 is 4.52 Å². The van der Waals surface area contributed by atoms with Gasteiger partial charge in [0.1, 0.15) is 5.82 Å². The SMILES string of the molecule is CCOP(=S)(OCC)Oc1cc(C)nc(C(C)C)n1.[Pb]. The Bertz CT molecular complexity index is 464. The third kappa shape index (κ3) is 6.43. The van der Waals surface area contributed by atoms with Gasteiger partial charge in [0, 0.05) is 56.8 Å². The molecule has 0 fully saturated rings. The molecule has 0 aliphatic heterocycles. The molecule has 0 unspecified atom stereocenters. The summed E-state index contributed by atoms with van der Waals surface area (Å²) in [5.41, 5.74) is 0.836. The molecular weight excluding hydrogens is 490 g/mol. The van der Waals surface area contributed by atoms with Crippen molar-refractivity contribution >= 4 is 45.8 Å². The van der Waals surface area contributed by atoms with Gasteiger partial charge in [0.15, 0.2) is 0 Å². The van der Waals surface area contributed by atoms with Crippen molar-refractivity contribution in [2.24, 2.45) is 0 Å². The number of nitrogens with zero attached hydrogens (tertiary/aromatic N) is 2. The molecule has 112 valence electrons. The molecule has 4 radical (unpaired) electrons. The van der Waals surface area contributed by atoms with Crippen LogP contribution in [0.5, 0.6) is 5.88 Å². The number of rotatable bonds is 7. The molecule has 5 nitrogen and oxygen atoms in total. The maximum atomic E-state index is 5.68. The van der Waals surface area contributed by atoms with Gasteiger partial charge in [0.05, 0.1) is 13.2 Å². The molecule has 0 aliphatic carbocycles. The van der Waals surface area contributed by atoms with Crippen molar-refractivity contribution < 1.29 is 13.6 Å². The summed E-state index contributed by atoms with van der Waals surface area (Å²) in [5.74, 6) is 1.37. The molecule has 1 heterocycles. The van der Waals surface area contributed by atoms with Crippen molar-refractivity contribution in [3.8, 4) is 5.88 Å². The number of aryl methyl sites for hydroxylation is 1. The molecule has 0 amide bonds. The van der Waals surface area contributed by atoms with Crippen LogP contribution in [0, 0.1) is 6.92 Å². The van der Waals surface area contributed by atoms with E-state index in [1.807, 2.05) is 34.6 Å². The maximum absolute atomic E-state index is 5.68. The summed E-state index contributed by atoms with van der Waals surface area (Å²) < 4.78 is 16.6. The van der Waals surface area contributed by atoms with Crippen molar-refractivity contribution in [2.45, 2.75) is 40.5 Å². The Hall–Kier alpha value is 0.372. The van der Waals surface area contributed by atoms with E-state index in [1.165, 1.54) is 0 Å². The first-order chi connectivity index (χ1) is 8.90. The fraction of sp³-hybridized carbons (Fsp3) is 0.667. The van der Waals surface area contributed by atoms with Gasteiger partial charge in [0.2, 0.25) is 5.88 Å². The van der Waals surface area contributed by atoms with Crippen LogP contribution in [0.3, 0.4) is 0 Å². The van der Waals surface area contributed by atoms with E-state index < -0.39 is 6.72 Å². The van der Waals surface area contributed by atoms with Gasteiger partial charge in [-0.1, -0.05) is 13.8 Å². The van der Waals surface area contributed by atoms with Crippen molar-refractivity contribution in [3.05, 3.63) is 17.6 Å². The fourth-order valence-electron chi connectivity index (χ4n) is 1.39. The number of hydrogen-bond donors (Lipinski definition) is 0. The Morgan fingerprint density at radius 3 is 2.20 bits per heavy atom. The van der Waals surface area contributed by atoms with Crippen LogP contribution in [0.2, 0.25) is 0 Å². The Labute approximate surface area is 146 Å². The number of hydrogen-bond acceptors (Lipinski definition) is 6. The maximum Gasteiger partial charge on any atom is 0.381 e. The molecule has 0 saturated heterocycles. The van der Waals surface area contributed by atoms with E-state index in [0.29, 0.717) is 19.1 Å². The third-order valence-electron chi connectivity index (χ3n) is 2.14. The van der Waals surface area contributed by atoms with Crippen molar-refractivity contribution in [2.75, 3.05) is 13.2 Å². The summed E-state index contributed by atoms with van der Waals surface area (Å²) in [4.78, 5) is 8.71. The minimum Gasteiger partial charge on any atom is -0.406 e. The van der Waals surface area contributed by atoms with E-state index in [0.717, 1.165) is 11.5 Å². The van der Waals surface area contributed by atoms with Crippen LogP contribution in [0.15, 0.2) is 6.07 Å². The van der Waals surface area contributed by atoms with Gasteiger partial charge in [-0.2, -0.15) is 4.98 Å². The molecule has 0 N–H and O–H groups in total. The first-order valence-corrected chi connectivity index (χ1v) is 8.90. The molecule has 0 spiro atoms. The summed E-state index contributed by atoms with van der Waals surface area (Å²) in [6, 6.07) is 1.74. The molecule has 0 aromatic carbocycles. The quantitative estimate of drug-likeness (QED) is 0.414. The first-order valence-electron chi connectivity index (χ1n) is 6.34. The zero-order chi connectivity index (χ0) is 14.5. The summed E-state index contributed by atoms with van der Waals surface area (Å²) in [7, 11) is 0. The molecule has 0 saturated carbocycles. The second-order valence-electron chi connectivity index (χ2n) is 4.23. The molecule has 0 aliphatic rings. The minimum atomic E-state index is -2.77. The average Bonchev–Trinajstić information content (AvgIpc) is 2.28. The topological polar surface area (TPSA) is 53.5 Å². The van der Waals surface area contributed by atoms with Gasteiger partial charge in [-0.25, -0.2) is 4.98 Å². The largest absolute Gasteiger partial charge is 0.406 e. The van der Waals surface area contributed by atoms with Crippen LogP contribution in [0.4, 0.5) is 0 Å². The smallest absolute Gasteiger partial charge is 0.381 e. The zero-order valence-electron chi connectivity index (χ0n) is 12.5. The van der Waals surface area contributed by atoms with Crippen LogP contribution in [-0.2, 0) is 20.9 Å². The summed E-state index contributed by atoms with van der Waals surface area (Å²) in [6.45, 7) is 7.78. The minimum absolute atomic E-state index is 0. The molecule has 1 aromatic rings. The molecule has 1 aromatic heterocycles. The van der Waals surface area contributed by atoms with Crippen LogP contribution in [-0.4, -0.2) is 50.5 Å². The molecule has 0 atom stereocenters. The van der Waals surface area contributed by atoms with Crippen LogP contribution >= 0.6 is 6.72 Å². The average molecular weight is 512 g/mol. The summed E-state index contributed by atoms with van der Waals surface area (Å²) in [6.07, 6.45) is 0. The van der Waals surface area contributed by atoms with Crippen molar-refractivity contribution in [1.82, 2.24) is 9.97 Å². The van der Waals surface area contributed by atoms with Gasteiger partial charge in [-0.05, 0) is 20.8 Å². The molecule has 8 heteroatoms. The van der Waals surface area contributed by atoms with Crippen LogP contribution in [0.1, 0.15) is 45.1 Å². The second kappa shape index (κ2) is 9.40. The Morgan fingerprint density at radius 2 is 1.75 bits per heavy atom. The van der Waals surface area contributed by atoms with Gasteiger partial charge < -0.3 is 4.52 Å². The predicted molar refractivity (Wildman–Crippen MR) is 84.8 cm³/mol. The molecule has 1 rings (SSSR count). The van der Waals surface area contributed by atoms with Gasteiger partial charge in [-0.3, -0.25) is 9.05 Å². The van der Waals surface area contributed by atoms with E-state index in [4.69, 9.17) is 25.4 Å². The zero-order valence-corrected chi connectivity index (χ0v) is 18.1. The molecule has 0 bridgehead atoms. The van der Waals surface area contributed by atoms with Gasteiger partial charge >= 0.3 is 6.72 Å². The van der Waals surface area contributed by atoms with E-state index in [9.17, 15) is 0 Å². The molecule has 20 heavy (non-hydrogen) atoms. The van der Waals surface area contributed by atoms with Gasteiger partial charge in [-0.15, -0.1) is 0 Å². The first kappa shape index (κ1) is 20.4. The Balaban J connectivity index is 0.00000361. The van der Waals surface area contributed by atoms with Crippen molar-refractivity contribution in [3.63, 3.8) is 0 Å². The summed E-state index contributed by atoms with van der Waals surface area (Å²) in [5, 5.41) is 0. The third-order valence-corrected chi connectivity index (χ3v) is 4.56. The number of aromatic nitrogens is 2. The van der Waals surface area contributed by atoms with E-state index in [2.05, 4.69) is 9.97 Å². The summed E-state index contributed by atoms with van der Waals surface area (Å²) >= 11 is 5.32. The van der Waals surface area contributed by atoms with E-state index in [-0.39, 0.29) is 33.2 Å². The predicted octanol–water partition coefficient (Wildman–Crippen LogP) is 3.20. The Morgan fingerprint density at radius 1 is 1.20 bits per heavy atom. The fourth-order valence-corrected chi connectivity index (χ4v) is 3.38. The van der Waals surface area contributed by atoms with E-state index >= 15 is 0 Å².